The number of carbonyl (C=O) groups is 1. The molecule has 0 radical (unpaired) electrons. The summed E-state index contributed by atoms with van der Waals surface area (Å²) < 4.78 is 0. The van der Waals surface area contributed by atoms with Crippen LogP contribution in [-0.4, -0.2) is 12.5 Å². The van der Waals surface area contributed by atoms with E-state index in [0.717, 1.165) is 19.4 Å². The zero-order chi connectivity index (χ0) is 11.8. The van der Waals surface area contributed by atoms with E-state index < -0.39 is 0 Å². The van der Waals surface area contributed by atoms with Crippen molar-refractivity contribution in [2.24, 2.45) is 5.92 Å². The molecule has 2 nitrogen and oxygen atoms in total. The molecule has 1 atom stereocenters. The van der Waals surface area contributed by atoms with Crippen molar-refractivity contribution in [3.05, 3.63) is 35.9 Å². The number of nitrogens with one attached hydrogen (secondary N) is 1. The first-order chi connectivity index (χ1) is 7.72. The highest BCUT2D eigenvalue weighted by Gasteiger charge is 2.08. The Balaban J connectivity index is 2.25. The number of hydrogen-bond donors (Lipinski definition) is 1. The summed E-state index contributed by atoms with van der Waals surface area (Å²) in [7, 11) is 0. The van der Waals surface area contributed by atoms with Crippen molar-refractivity contribution in [3.8, 4) is 0 Å². The Morgan fingerprint density at radius 1 is 1.31 bits per heavy atom. The molecule has 16 heavy (non-hydrogen) atoms. The normalized spacial score (nSPS) is 12.1. The van der Waals surface area contributed by atoms with Gasteiger partial charge in [0.15, 0.2) is 0 Å². The van der Waals surface area contributed by atoms with Crippen molar-refractivity contribution < 1.29 is 4.79 Å². The zero-order valence-corrected chi connectivity index (χ0v) is 10.2. The number of benzene rings is 1. The van der Waals surface area contributed by atoms with Gasteiger partial charge in [0.05, 0.1) is 0 Å². The van der Waals surface area contributed by atoms with E-state index in [1.165, 1.54) is 5.56 Å². The fraction of sp³-hybridized carbons (Fsp3) is 0.500. The molecule has 0 saturated carbocycles. The van der Waals surface area contributed by atoms with Gasteiger partial charge in [0.25, 0.3) is 0 Å². The van der Waals surface area contributed by atoms with Crippen LogP contribution in [-0.2, 0) is 11.2 Å². The summed E-state index contributed by atoms with van der Waals surface area (Å²) in [5, 5.41) is 2.84. The number of hydrogen-bond acceptors (Lipinski definition) is 1. The molecule has 88 valence electrons. The summed E-state index contributed by atoms with van der Waals surface area (Å²) in [6, 6.07) is 10.4. The maximum Gasteiger partial charge on any atom is 0.220 e. The minimum atomic E-state index is 0.170. The molecule has 0 fully saturated rings. The first kappa shape index (κ1) is 12.8. The summed E-state index contributed by atoms with van der Waals surface area (Å²) in [6.07, 6.45) is 2.77. The van der Waals surface area contributed by atoms with Gasteiger partial charge in [-0.1, -0.05) is 37.3 Å². The zero-order valence-electron chi connectivity index (χ0n) is 10.2. The average molecular weight is 219 g/mol. The number of carbonyl (C=O) groups excluding carboxylic acids is 1. The third-order valence-corrected chi connectivity index (χ3v) is 2.68. The second-order valence-electron chi connectivity index (χ2n) is 4.29. The van der Waals surface area contributed by atoms with Crippen molar-refractivity contribution in [1.29, 1.82) is 0 Å². The Morgan fingerprint density at radius 2 is 2.00 bits per heavy atom. The van der Waals surface area contributed by atoms with Crippen molar-refractivity contribution in [2.45, 2.75) is 33.1 Å². The Labute approximate surface area is 98.1 Å². The van der Waals surface area contributed by atoms with Crippen LogP contribution >= 0.6 is 0 Å². The quantitative estimate of drug-likeness (QED) is 0.783. The summed E-state index contributed by atoms with van der Waals surface area (Å²) in [4.78, 5) is 11.4. The second kappa shape index (κ2) is 7.04. The first-order valence-corrected chi connectivity index (χ1v) is 6.03. The largest absolute Gasteiger partial charge is 0.356 e. The Morgan fingerprint density at radius 3 is 2.62 bits per heavy atom. The van der Waals surface area contributed by atoms with E-state index in [-0.39, 0.29) is 5.91 Å². The molecule has 0 bridgehead atoms. The molecule has 1 amide bonds. The summed E-state index contributed by atoms with van der Waals surface area (Å²) in [6.45, 7) is 4.81. The monoisotopic (exact) mass is 219 g/mol. The molecule has 1 rings (SSSR count). The summed E-state index contributed by atoms with van der Waals surface area (Å²) in [5.41, 5.74) is 1.35. The highest BCUT2D eigenvalue weighted by molar-refractivity contribution is 5.75. The molecule has 0 aliphatic rings. The molecule has 0 aliphatic carbocycles. The van der Waals surface area contributed by atoms with Crippen molar-refractivity contribution >= 4 is 5.91 Å². The number of amides is 1. The van der Waals surface area contributed by atoms with E-state index >= 15 is 0 Å². The lowest BCUT2D eigenvalue weighted by atomic mass is 9.98. The maximum atomic E-state index is 11.4. The number of rotatable bonds is 6. The van der Waals surface area contributed by atoms with Crippen LogP contribution in [0.25, 0.3) is 0 Å². The van der Waals surface area contributed by atoms with Gasteiger partial charge in [0, 0.05) is 13.0 Å². The summed E-state index contributed by atoms with van der Waals surface area (Å²) >= 11 is 0. The smallest absolute Gasteiger partial charge is 0.220 e. The van der Waals surface area contributed by atoms with Gasteiger partial charge in [-0.25, -0.2) is 0 Å². The van der Waals surface area contributed by atoms with Crippen molar-refractivity contribution in [2.75, 3.05) is 6.54 Å². The highest BCUT2D eigenvalue weighted by Crippen LogP contribution is 2.12. The fourth-order valence-corrected chi connectivity index (χ4v) is 1.75. The molecular formula is C14H21NO. The molecule has 0 saturated heterocycles. The second-order valence-corrected chi connectivity index (χ2v) is 4.29. The van der Waals surface area contributed by atoms with Crippen LogP contribution in [0.5, 0.6) is 0 Å². The van der Waals surface area contributed by atoms with Crippen LogP contribution in [0.2, 0.25) is 0 Å². The topological polar surface area (TPSA) is 29.1 Å². The first-order valence-electron chi connectivity index (χ1n) is 6.03. The molecule has 0 unspecified atom stereocenters. The maximum absolute atomic E-state index is 11.4. The lowest BCUT2D eigenvalue weighted by molar-refractivity contribution is -0.121. The average Bonchev–Trinajstić information content (AvgIpc) is 2.28. The molecular weight excluding hydrogens is 198 g/mol. The van der Waals surface area contributed by atoms with E-state index in [1.54, 1.807) is 0 Å². The Bertz CT molecular complexity index is 308. The predicted octanol–water partition coefficient (Wildman–Crippen LogP) is 2.78. The van der Waals surface area contributed by atoms with Crippen LogP contribution in [0.15, 0.2) is 30.3 Å². The van der Waals surface area contributed by atoms with E-state index in [0.29, 0.717) is 12.3 Å². The van der Waals surface area contributed by atoms with Gasteiger partial charge in [-0.3, -0.25) is 4.79 Å². The van der Waals surface area contributed by atoms with Gasteiger partial charge in [-0.05, 0) is 31.2 Å². The number of aryl methyl sites for hydroxylation is 1. The SMILES string of the molecule is CCNC(=O)C[C@@H](C)CCc1ccccc1. The molecule has 1 aromatic rings. The van der Waals surface area contributed by atoms with Crippen LogP contribution < -0.4 is 5.32 Å². The molecule has 1 N–H and O–H groups in total. The lowest BCUT2D eigenvalue weighted by Crippen LogP contribution is -2.24. The van der Waals surface area contributed by atoms with E-state index in [1.807, 2.05) is 13.0 Å². The fourth-order valence-electron chi connectivity index (χ4n) is 1.75. The van der Waals surface area contributed by atoms with E-state index in [2.05, 4.69) is 36.5 Å². The van der Waals surface area contributed by atoms with Gasteiger partial charge in [0.1, 0.15) is 0 Å². The van der Waals surface area contributed by atoms with Crippen LogP contribution in [0, 0.1) is 5.92 Å². The molecule has 0 aromatic heterocycles. The van der Waals surface area contributed by atoms with Gasteiger partial charge in [0.2, 0.25) is 5.91 Å². The third kappa shape index (κ3) is 4.96. The lowest BCUT2D eigenvalue weighted by Gasteiger charge is -2.10. The van der Waals surface area contributed by atoms with Crippen molar-refractivity contribution in [3.63, 3.8) is 0 Å². The van der Waals surface area contributed by atoms with Gasteiger partial charge in [-0.2, -0.15) is 0 Å². The summed E-state index contributed by atoms with van der Waals surface area (Å²) in [5.74, 6) is 0.620. The van der Waals surface area contributed by atoms with Crippen LogP contribution in [0.1, 0.15) is 32.3 Å². The minimum absolute atomic E-state index is 0.170. The Hall–Kier alpha value is -1.31. The van der Waals surface area contributed by atoms with Crippen molar-refractivity contribution in [1.82, 2.24) is 5.32 Å². The van der Waals surface area contributed by atoms with E-state index in [4.69, 9.17) is 0 Å². The molecule has 2 heteroatoms. The molecule has 0 heterocycles. The standard InChI is InChI=1S/C14H21NO/c1-3-15-14(16)11-12(2)9-10-13-7-5-4-6-8-13/h4-8,12H,3,9-11H2,1-2H3,(H,15,16)/t12-/m0/s1. The molecule has 0 aliphatic heterocycles. The molecule has 0 spiro atoms. The Kier molecular flexibility index (Phi) is 5.62. The van der Waals surface area contributed by atoms with Crippen LogP contribution in [0.4, 0.5) is 0 Å². The van der Waals surface area contributed by atoms with Gasteiger partial charge < -0.3 is 5.32 Å². The van der Waals surface area contributed by atoms with Crippen LogP contribution in [0.3, 0.4) is 0 Å². The van der Waals surface area contributed by atoms with Gasteiger partial charge in [-0.15, -0.1) is 0 Å². The predicted molar refractivity (Wildman–Crippen MR) is 67.2 cm³/mol. The highest BCUT2D eigenvalue weighted by atomic mass is 16.1. The molecule has 1 aromatic carbocycles. The van der Waals surface area contributed by atoms with E-state index in [9.17, 15) is 4.79 Å². The minimum Gasteiger partial charge on any atom is -0.356 e. The van der Waals surface area contributed by atoms with Gasteiger partial charge >= 0.3 is 0 Å². The third-order valence-electron chi connectivity index (χ3n) is 2.68.